The van der Waals surface area contributed by atoms with Gasteiger partial charge in [-0.25, -0.2) is 9.67 Å². The molecule has 6 heteroatoms. The van der Waals surface area contributed by atoms with Crippen molar-refractivity contribution in [1.82, 2.24) is 14.8 Å². The number of hydrogen-bond donors (Lipinski definition) is 0. The highest BCUT2D eigenvalue weighted by Gasteiger charge is 2.17. The predicted molar refractivity (Wildman–Crippen MR) is 120 cm³/mol. The Balaban J connectivity index is 1.81. The van der Waals surface area contributed by atoms with Crippen LogP contribution in [-0.2, 0) is 7.05 Å². The van der Waals surface area contributed by atoms with Gasteiger partial charge < -0.3 is 9.47 Å². The standard InChI is InChI=1S/C25H23N3O3/c1-17(2)30-23-14-13-18(16-26-23)21-15-24(29)28(3)27-25(21)20-11-7-8-12-22(20)31-19-9-5-4-6-10-19/h4-17H,1-3H3. The van der Waals surface area contributed by atoms with E-state index in [1.54, 1.807) is 25.4 Å². The molecule has 0 aliphatic heterocycles. The minimum atomic E-state index is -0.206. The first-order valence-electron chi connectivity index (χ1n) is 10.0. The van der Waals surface area contributed by atoms with Crippen LogP contribution in [0.1, 0.15) is 13.8 Å². The van der Waals surface area contributed by atoms with Gasteiger partial charge in [0.2, 0.25) is 5.88 Å². The molecule has 0 aliphatic carbocycles. The Kier molecular flexibility index (Phi) is 5.80. The number of pyridine rings is 1. The predicted octanol–water partition coefficient (Wildman–Crippen LogP) is 5.09. The maximum absolute atomic E-state index is 12.4. The van der Waals surface area contributed by atoms with Crippen LogP contribution < -0.4 is 15.0 Å². The Morgan fingerprint density at radius 2 is 1.65 bits per heavy atom. The van der Waals surface area contributed by atoms with Crippen molar-refractivity contribution in [2.75, 3.05) is 0 Å². The second-order valence-corrected chi connectivity index (χ2v) is 7.33. The van der Waals surface area contributed by atoms with E-state index in [-0.39, 0.29) is 11.7 Å². The van der Waals surface area contributed by atoms with Gasteiger partial charge in [-0.15, -0.1) is 0 Å². The van der Waals surface area contributed by atoms with Crippen LogP contribution in [0.2, 0.25) is 0 Å². The van der Waals surface area contributed by atoms with Crippen LogP contribution in [0.4, 0.5) is 0 Å². The fourth-order valence-electron chi connectivity index (χ4n) is 3.18. The average Bonchev–Trinajstić information content (AvgIpc) is 2.77. The third-order valence-corrected chi connectivity index (χ3v) is 4.61. The molecular formula is C25H23N3O3. The van der Waals surface area contributed by atoms with Gasteiger partial charge in [-0.1, -0.05) is 30.3 Å². The molecule has 0 unspecified atom stereocenters. The quantitative estimate of drug-likeness (QED) is 0.441. The molecule has 0 bridgehead atoms. The summed E-state index contributed by atoms with van der Waals surface area (Å²) in [6.45, 7) is 3.89. The number of aryl methyl sites for hydroxylation is 1. The molecule has 31 heavy (non-hydrogen) atoms. The SMILES string of the molecule is CC(C)Oc1ccc(-c2cc(=O)n(C)nc2-c2ccccc2Oc2ccccc2)cn1. The monoisotopic (exact) mass is 413 g/mol. The summed E-state index contributed by atoms with van der Waals surface area (Å²) < 4.78 is 13.1. The lowest BCUT2D eigenvalue weighted by atomic mass is 10.0. The van der Waals surface area contributed by atoms with Gasteiger partial charge in [0.15, 0.2) is 0 Å². The summed E-state index contributed by atoms with van der Waals surface area (Å²) in [7, 11) is 1.63. The molecule has 4 rings (SSSR count). The van der Waals surface area contributed by atoms with Crippen LogP contribution in [0.5, 0.6) is 17.4 Å². The summed E-state index contributed by atoms with van der Waals surface area (Å²) >= 11 is 0. The largest absolute Gasteiger partial charge is 0.475 e. The highest BCUT2D eigenvalue weighted by Crippen LogP contribution is 2.37. The van der Waals surface area contributed by atoms with E-state index in [0.29, 0.717) is 22.9 Å². The number of ether oxygens (including phenoxy) is 2. The fourth-order valence-corrected chi connectivity index (χ4v) is 3.18. The van der Waals surface area contributed by atoms with Gasteiger partial charge in [-0.2, -0.15) is 5.10 Å². The molecule has 0 N–H and O–H groups in total. The Morgan fingerprint density at radius 3 is 2.35 bits per heavy atom. The summed E-state index contributed by atoms with van der Waals surface area (Å²) in [5, 5.41) is 4.56. The smallest absolute Gasteiger partial charge is 0.267 e. The van der Waals surface area contributed by atoms with E-state index in [4.69, 9.17) is 9.47 Å². The molecule has 0 spiro atoms. The lowest BCUT2D eigenvalue weighted by Crippen LogP contribution is -2.19. The van der Waals surface area contributed by atoms with Crippen LogP contribution >= 0.6 is 0 Å². The molecule has 0 atom stereocenters. The van der Waals surface area contributed by atoms with E-state index in [2.05, 4.69) is 10.1 Å². The van der Waals surface area contributed by atoms with Crippen molar-refractivity contribution in [3.8, 4) is 39.8 Å². The number of rotatable bonds is 6. The second kappa shape index (κ2) is 8.83. The Morgan fingerprint density at radius 1 is 0.903 bits per heavy atom. The maximum Gasteiger partial charge on any atom is 0.267 e. The first kappa shape index (κ1) is 20.3. The van der Waals surface area contributed by atoms with Crippen LogP contribution in [0.25, 0.3) is 22.4 Å². The number of para-hydroxylation sites is 2. The number of hydrogen-bond acceptors (Lipinski definition) is 5. The van der Waals surface area contributed by atoms with Crippen molar-refractivity contribution in [1.29, 1.82) is 0 Å². The van der Waals surface area contributed by atoms with E-state index in [9.17, 15) is 4.79 Å². The van der Waals surface area contributed by atoms with Crippen molar-refractivity contribution >= 4 is 0 Å². The zero-order chi connectivity index (χ0) is 21.8. The summed E-state index contributed by atoms with van der Waals surface area (Å²) in [6, 6.07) is 22.4. The lowest BCUT2D eigenvalue weighted by Gasteiger charge is -2.15. The van der Waals surface area contributed by atoms with E-state index in [1.807, 2.05) is 74.5 Å². The van der Waals surface area contributed by atoms with Crippen molar-refractivity contribution in [3.05, 3.63) is 89.3 Å². The molecule has 6 nitrogen and oxygen atoms in total. The van der Waals surface area contributed by atoms with Crippen molar-refractivity contribution < 1.29 is 9.47 Å². The van der Waals surface area contributed by atoms with Gasteiger partial charge in [0.25, 0.3) is 5.56 Å². The first-order valence-corrected chi connectivity index (χ1v) is 10.0. The minimum Gasteiger partial charge on any atom is -0.475 e. The molecule has 0 amide bonds. The molecule has 0 fully saturated rings. The summed E-state index contributed by atoms with van der Waals surface area (Å²) in [5.41, 5.74) is 2.65. The van der Waals surface area contributed by atoms with Gasteiger partial charge in [-0.3, -0.25) is 4.79 Å². The molecule has 0 aliphatic rings. The molecule has 2 heterocycles. The molecule has 0 saturated carbocycles. The van der Waals surface area contributed by atoms with Gasteiger partial charge in [-0.05, 0) is 44.2 Å². The van der Waals surface area contributed by atoms with Crippen LogP contribution in [-0.4, -0.2) is 20.9 Å². The fraction of sp³-hybridized carbons (Fsp3) is 0.160. The maximum atomic E-state index is 12.4. The van der Waals surface area contributed by atoms with Gasteiger partial charge in [0.05, 0.1) is 6.10 Å². The Labute approximate surface area is 180 Å². The molecule has 0 saturated heterocycles. The van der Waals surface area contributed by atoms with Crippen LogP contribution in [0, 0.1) is 0 Å². The topological polar surface area (TPSA) is 66.2 Å². The van der Waals surface area contributed by atoms with E-state index >= 15 is 0 Å². The first-order chi connectivity index (χ1) is 15.0. The normalized spacial score (nSPS) is 10.8. The van der Waals surface area contributed by atoms with Crippen molar-refractivity contribution in [3.63, 3.8) is 0 Å². The van der Waals surface area contributed by atoms with Crippen LogP contribution in [0.15, 0.2) is 83.8 Å². The van der Waals surface area contributed by atoms with E-state index < -0.39 is 0 Å². The minimum absolute atomic E-state index is 0.0293. The summed E-state index contributed by atoms with van der Waals surface area (Å²) in [4.78, 5) is 16.8. The number of benzene rings is 2. The Bertz CT molecular complexity index is 1230. The second-order valence-electron chi connectivity index (χ2n) is 7.33. The molecule has 156 valence electrons. The number of aromatic nitrogens is 3. The van der Waals surface area contributed by atoms with Gasteiger partial charge in [0, 0.05) is 42.1 Å². The van der Waals surface area contributed by atoms with Crippen molar-refractivity contribution in [2.24, 2.45) is 7.05 Å². The molecule has 2 aromatic heterocycles. The average molecular weight is 413 g/mol. The van der Waals surface area contributed by atoms with Crippen molar-refractivity contribution in [2.45, 2.75) is 20.0 Å². The lowest BCUT2D eigenvalue weighted by molar-refractivity contribution is 0.232. The summed E-state index contributed by atoms with van der Waals surface area (Å²) in [5.74, 6) is 1.90. The highest BCUT2D eigenvalue weighted by molar-refractivity contribution is 5.83. The molecular weight excluding hydrogens is 390 g/mol. The third kappa shape index (κ3) is 4.64. The highest BCUT2D eigenvalue weighted by atomic mass is 16.5. The summed E-state index contributed by atoms with van der Waals surface area (Å²) in [6.07, 6.45) is 1.72. The van der Waals surface area contributed by atoms with E-state index in [0.717, 1.165) is 16.9 Å². The van der Waals surface area contributed by atoms with Gasteiger partial charge in [0.1, 0.15) is 17.2 Å². The Hall–Kier alpha value is -3.93. The number of nitrogens with zero attached hydrogens (tertiary/aromatic N) is 3. The molecule has 4 aromatic rings. The van der Waals surface area contributed by atoms with E-state index in [1.165, 1.54) is 4.68 Å². The molecule has 2 aromatic carbocycles. The zero-order valence-corrected chi connectivity index (χ0v) is 17.6. The van der Waals surface area contributed by atoms with Crippen LogP contribution in [0.3, 0.4) is 0 Å². The third-order valence-electron chi connectivity index (χ3n) is 4.61. The zero-order valence-electron chi connectivity index (χ0n) is 17.6. The molecule has 0 radical (unpaired) electrons. The van der Waals surface area contributed by atoms with Gasteiger partial charge >= 0.3 is 0 Å².